The summed E-state index contributed by atoms with van der Waals surface area (Å²) in [5.74, 6) is 1.42. The maximum Gasteiger partial charge on any atom is 0.224 e. The van der Waals surface area contributed by atoms with E-state index in [4.69, 9.17) is 4.74 Å². The number of nitrogens with one attached hydrogen (secondary N) is 2. The minimum absolute atomic E-state index is 0.0457. The Labute approximate surface area is 139 Å². The summed E-state index contributed by atoms with van der Waals surface area (Å²) in [6.07, 6.45) is 2.46. The van der Waals surface area contributed by atoms with Crippen LogP contribution in [0.3, 0.4) is 0 Å². The van der Waals surface area contributed by atoms with E-state index in [2.05, 4.69) is 20.5 Å². The summed E-state index contributed by atoms with van der Waals surface area (Å²) in [6, 6.07) is 15.2. The quantitative estimate of drug-likeness (QED) is 0.731. The van der Waals surface area contributed by atoms with E-state index in [0.29, 0.717) is 18.7 Å². The first-order valence-electron chi connectivity index (χ1n) is 7.64. The molecule has 1 heterocycles. The van der Waals surface area contributed by atoms with Gasteiger partial charge in [0.1, 0.15) is 12.1 Å². The van der Waals surface area contributed by atoms with Crippen LogP contribution in [0.25, 0.3) is 11.4 Å². The predicted molar refractivity (Wildman–Crippen MR) is 91.8 cm³/mol. The van der Waals surface area contributed by atoms with Crippen molar-refractivity contribution in [2.75, 3.05) is 12.4 Å². The van der Waals surface area contributed by atoms with Crippen molar-refractivity contribution in [1.82, 2.24) is 15.2 Å². The second-order valence-corrected chi connectivity index (χ2v) is 5.27. The Morgan fingerprint density at radius 3 is 2.88 bits per heavy atom. The molecule has 1 aromatic heterocycles. The third-order valence-electron chi connectivity index (χ3n) is 3.65. The molecule has 1 amide bonds. The number of hydrogen-bond donors (Lipinski definition) is 2. The lowest BCUT2D eigenvalue weighted by Gasteiger charge is -2.09. The lowest BCUT2D eigenvalue weighted by Crippen LogP contribution is -2.12. The molecule has 0 bridgehead atoms. The van der Waals surface area contributed by atoms with Crippen molar-refractivity contribution in [1.29, 1.82) is 0 Å². The maximum atomic E-state index is 12.2. The fraction of sp³-hybridized carbons (Fsp3) is 0.167. The molecule has 0 aliphatic carbocycles. The lowest BCUT2D eigenvalue weighted by atomic mass is 10.1. The minimum atomic E-state index is -0.0457. The lowest BCUT2D eigenvalue weighted by molar-refractivity contribution is -0.116. The highest BCUT2D eigenvalue weighted by atomic mass is 16.5. The summed E-state index contributed by atoms with van der Waals surface area (Å²) >= 11 is 0. The van der Waals surface area contributed by atoms with Crippen LogP contribution in [-0.2, 0) is 11.2 Å². The highest BCUT2D eigenvalue weighted by Gasteiger charge is 2.08. The molecule has 6 nitrogen and oxygen atoms in total. The van der Waals surface area contributed by atoms with Crippen LogP contribution in [0.15, 0.2) is 54.9 Å². The van der Waals surface area contributed by atoms with Gasteiger partial charge in [0.2, 0.25) is 5.91 Å². The summed E-state index contributed by atoms with van der Waals surface area (Å²) in [5, 5.41) is 9.55. The Bertz CT molecular complexity index is 815. The molecule has 3 rings (SSSR count). The standard InChI is InChI=1S/C18H18N4O2/c1-24-16-8-3-2-5-13(16)9-10-17(23)21-15-7-4-6-14(11-15)18-19-12-20-22-18/h2-8,11-12H,9-10H2,1H3,(H,21,23)(H,19,20,22). The molecule has 2 aromatic carbocycles. The topological polar surface area (TPSA) is 79.9 Å². The number of aromatic nitrogens is 3. The molecule has 0 atom stereocenters. The maximum absolute atomic E-state index is 12.2. The Morgan fingerprint density at radius 1 is 1.21 bits per heavy atom. The van der Waals surface area contributed by atoms with Gasteiger partial charge in [-0.1, -0.05) is 30.3 Å². The average Bonchev–Trinajstić information content (AvgIpc) is 3.15. The number of anilines is 1. The number of amides is 1. The number of carbonyl (C=O) groups is 1. The molecule has 0 aliphatic rings. The van der Waals surface area contributed by atoms with Crippen molar-refractivity contribution in [2.45, 2.75) is 12.8 Å². The molecule has 0 saturated heterocycles. The van der Waals surface area contributed by atoms with Gasteiger partial charge in [0.25, 0.3) is 0 Å². The van der Waals surface area contributed by atoms with Crippen LogP contribution in [0.2, 0.25) is 0 Å². The number of nitrogens with zero attached hydrogens (tertiary/aromatic N) is 2. The van der Waals surface area contributed by atoms with Crippen LogP contribution in [0.1, 0.15) is 12.0 Å². The summed E-state index contributed by atoms with van der Waals surface area (Å²) in [6.45, 7) is 0. The molecular formula is C18H18N4O2. The minimum Gasteiger partial charge on any atom is -0.496 e. The van der Waals surface area contributed by atoms with Gasteiger partial charge in [-0.05, 0) is 30.2 Å². The summed E-state index contributed by atoms with van der Waals surface area (Å²) in [5.41, 5.74) is 2.62. The molecule has 3 aromatic rings. The molecule has 24 heavy (non-hydrogen) atoms. The summed E-state index contributed by atoms with van der Waals surface area (Å²) < 4.78 is 5.30. The van der Waals surface area contributed by atoms with E-state index in [1.807, 2.05) is 48.5 Å². The number of benzene rings is 2. The number of para-hydroxylation sites is 1. The third-order valence-corrected chi connectivity index (χ3v) is 3.65. The monoisotopic (exact) mass is 322 g/mol. The van der Waals surface area contributed by atoms with E-state index < -0.39 is 0 Å². The van der Waals surface area contributed by atoms with E-state index in [-0.39, 0.29) is 5.91 Å². The molecule has 2 N–H and O–H groups in total. The smallest absolute Gasteiger partial charge is 0.224 e. The summed E-state index contributed by atoms with van der Waals surface area (Å²) in [4.78, 5) is 16.3. The van der Waals surface area contributed by atoms with Crippen LogP contribution in [0.5, 0.6) is 5.75 Å². The first-order chi connectivity index (χ1) is 11.8. The van der Waals surface area contributed by atoms with E-state index in [9.17, 15) is 4.79 Å². The fourth-order valence-electron chi connectivity index (χ4n) is 2.47. The zero-order valence-electron chi connectivity index (χ0n) is 13.3. The van der Waals surface area contributed by atoms with Gasteiger partial charge in [-0.2, -0.15) is 5.10 Å². The second kappa shape index (κ2) is 7.41. The van der Waals surface area contributed by atoms with Crippen molar-refractivity contribution in [3.8, 4) is 17.1 Å². The zero-order valence-corrected chi connectivity index (χ0v) is 13.3. The molecule has 0 saturated carbocycles. The van der Waals surface area contributed by atoms with Gasteiger partial charge in [0, 0.05) is 17.7 Å². The van der Waals surface area contributed by atoms with E-state index >= 15 is 0 Å². The predicted octanol–water partition coefficient (Wildman–Crippen LogP) is 3.05. The average molecular weight is 322 g/mol. The zero-order chi connectivity index (χ0) is 16.8. The molecule has 0 fully saturated rings. The first-order valence-corrected chi connectivity index (χ1v) is 7.64. The SMILES string of the molecule is COc1ccccc1CCC(=O)Nc1cccc(-c2ncn[nH]2)c1. The number of H-pyrrole nitrogens is 1. The molecule has 122 valence electrons. The number of aromatic amines is 1. The Kier molecular flexibility index (Phi) is 4.86. The third kappa shape index (κ3) is 3.78. The van der Waals surface area contributed by atoms with Crippen molar-refractivity contribution in [2.24, 2.45) is 0 Å². The van der Waals surface area contributed by atoms with Crippen LogP contribution < -0.4 is 10.1 Å². The Balaban J connectivity index is 1.62. The van der Waals surface area contributed by atoms with Crippen LogP contribution in [0, 0.1) is 0 Å². The number of carbonyl (C=O) groups excluding carboxylic acids is 1. The normalized spacial score (nSPS) is 10.4. The van der Waals surface area contributed by atoms with Gasteiger partial charge in [-0.15, -0.1) is 0 Å². The number of rotatable bonds is 6. The number of aryl methyl sites for hydroxylation is 1. The summed E-state index contributed by atoms with van der Waals surface area (Å²) in [7, 11) is 1.63. The highest BCUT2D eigenvalue weighted by molar-refractivity contribution is 5.91. The number of hydrogen-bond acceptors (Lipinski definition) is 4. The Morgan fingerprint density at radius 2 is 2.08 bits per heavy atom. The van der Waals surface area contributed by atoms with E-state index in [1.165, 1.54) is 6.33 Å². The molecule has 0 aliphatic heterocycles. The largest absolute Gasteiger partial charge is 0.496 e. The molecule has 6 heteroatoms. The van der Waals surface area contributed by atoms with Crippen LogP contribution >= 0.6 is 0 Å². The number of methoxy groups -OCH3 is 1. The van der Waals surface area contributed by atoms with Gasteiger partial charge in [0.05, 0.1) is 7.11 Å². The molecule has 0 radical (unpaired) electrons. The Hall–Kier alpha value is -3.15. The molecule has 0 spiro atoms. The van der Waals surface area contributed by atoms with Gasteiger partial charge in [0.15, 0.2) is 5.82 Å². The van der Waals surface area contributed by atoms with Gasteiger partial charge < -0.3 is 10.1 Å². The highest BCUT2D eigenvalue weighted by Crippen LogP contribution is 2.21. The van der Waals surface area contributed by atoms with Gasteiger partial charge in [-0.3, -0.25) is 9.89 Å². The van der Waals surface area contributed by atoms with Crippen molar-refractivity contribution in [3.63, 3.8) is 0 Å². The van der Waals surface area contributed by atoms with Crippen molar-refractivity contribution < 1.29 is 9.53 Å². The van der Waals surface area contributed by atoms with Gasteiger partial charge >= 0.3 is 0 Å². The van der Waals surface area contributed by atoms with Gasteiger partial charge in [-0.25, -0.2) is 4.98 Å². The number of ether oxygens (including phenoxy) is 1. The second-order valence-electron chi connectivity index (χ2n) is 5.27. The van der Waals surface area contributed by atoms with E-state index in [0.717, 1.165) is 22.6 Å². The first kappa shape index (κ1) is 15.7. The van der Waals surface area contributed by atoms with Crippen molar-refractivity contribution in [3.05, 3.63) is 60.4 Å². The van der Waals surface area contributed by atoms with E-state index in [1.54, 1.807) is 7.11 Å². The molecular weight excluding hydrogens is 304 g/mol. The fourth-order valence-corrected chi connectivity index (χ4v) is 2.47. The van der Waals surface area contributed by atoms with Crippen LogP contribution in [-0.4, -0.2) is 28.2 Å². The molecule has 0 unspecified atom stereocenters. The van der Waals surface area contributed by atoms with Crippen LogP contribution in [0.4, 0.5) is 5.69 Å². The van der Waals surface area contributed by atoms with Crippen molar-refractivity contribution >= 4 is 11.6 Å².